The van der Waals surface area contributed by atoms with Gasteiger partial charge in [0.2, 0.25) is 0 Å². The van der Waals surface area contributed by atoms with Crippen molar-refractivity contribution < 1.29 is 0 Å². The molecular formula is C16H33N3. The summed E-state index contributed by atoms with van der Waals surface area (Å²) in [5.74, 6) is 0.959. The van der Waals surface area contributed by atoms with Crippen LogP contribution in [0, 0.1) is 5.92 Å². The molecule has 0 amide bonds. The minimum Gasteiger partial charge on any atom is -0.304 e. The zero-order chi connectivity index (χ0) is 13.5. The van der Waals surface area contributed by atoms with Crippen LogP contribution < -0.4 is 0 Å². The number of hydrogen-bond donors (Lipinski definition) is 0. The van der Waals surface area contributed by atoms with Crippen LogP contribution in [0.3, 0.4) is 0 Å². The Morgan fingerprint density at radius 1 is 0.789 bits per heavy atom. The van der Waals surface area contributed by atoms with Crippen molar-refractivity contribution in [3.63, 3.8) is 0 Å². The third kappa shape index (κ3) is 5.05. The molecule has 112 valence electrons. The second-order valence-electron chi connectivity index (χ2n) is 6.37. The van der Waals surface area contributed by atoms with Crippen molar-refractivity contribution in [3.05, 3.63) is 0 Å². The molecule has 0 saturated carbocycles. The fourth-order valence-corrected chi connectivity index (χ4v) is 3.60. The summed E-state index contributed by atoms with van der Waals surface area (Å²) in [6.45, 7) is 16.4. The zero-order valence-electron chi connectivity index (χ0n) is 13.1. The van der Waals surface area contributed by atoms with Crippen LogP contribution in [-0.2, 0) is 0 Å². The highest BCUT2D eigenvalue weighted by molar-refractivity contribution is 4.77. The summed E-state index contributed by atoms with van der Waals surface area (Å²) in [4.78, 5) is 7.99. The lowest BCUT2D eigenvalue weighted by Gasteiger charge is -2.34. The van der Waals surface area contributed by atoms with Gasteiger partial charge in [-0.2, -0.15) is 0 Å². The van der Waals surface area contributed by atoms with E-state index in [2.05, 4.69) is 28.5 Å². The van der Waals surface area contributed by atoms with Crippen LogP contribution in [0.5, 0.6) is 0 Å². The normalized spacial score (nSPS) is 25.6. The summed E-state index contributed by atoms with van der Waals surface area (Å²) in [5, 5.41) is 0. The molecule has 2 aliphatic rings. The molecule has 0 N–H and O–H groups in total. The van der Waals surface area contributed by atoms with E-state index >= 15 is 0 Å². The van der Waals surface area contributed by atoms with E-state index in [9.17, 15) is 0 Å². The van der Waals surface area contributed by atoms with Crippen LogP contribution in [-0.4, -0.2) is 73.6 Å². The maximum Gasteiger partial charge on any atom is 0.0109 e. The van der Waals surface area contributed by atoms with Gasteiger partial charge in [0.05, 0.1) is 0 Å². The van der Waals surface area contributed by atoms with Crippen molar-refractivity contribution >= 4 is 0 Å². The van der Waals surface area contributed by atoms with E-state index in [0.717, 1.165) is 5.92 Å². The third-order valence-corrected chi connectivity index (χ3v) is 4.89. The highest BCUT2D eigenvalue weighted by atomic mass is 15.2. The summed E-state index contributed by atoms with van der Waals surface area (Å²) in [7, 11) is 0. The summed E-state index contributed by atoms with van der Waals surface area (Å²) in [5.41, 5.74) is 0. The predicted octanol–water partition coefficient (Wildman–Crippen LogP) is 2.14. The SMILES string of the molecule is CCCN1CCCN(CC2CCN(CC)CC2)CC1. The quantitative estimate of drug-likeness (QED) is 0.755. The second-order valence-corrected chi connectivity index (χ2v) is 6.37. The average molecular weight is 267 g/mol. The highest BCUT2D eigenvalue weighted by Gasteiger charge is 2.22. The summed E-state index contributed by atoms with van der Waals surface area (Å²) < 4.78 is 0. The molecule has 0 spiro atoms. The van der Waals surface area contributed by atoms with E-state index in [4.69, 9.17) is 0 Å². The molecule has 0 aromatic rings. The standard InChI is InChI=1S/C16H33N3/c1-3-8-18-9-5-10-19(14-13-18)15-16-6-11-17(4-2)12-7-16/h16H,3-15H2,1-2H3. The van der Waals surface area contributed by atoms with Gasteiger partial charge in [-0.1, -0.05) is 13.8 Å². The molecule has 0 unspecified atom stereocenters. The smallest absolute Gasteiger partial charge is 0.0109 e. The van der Waals surface area contributed by atoms with Gasteiger partial charge in [0.15, 0.2) is 0 Å². The Balaban J connectivity index is 1.68. The molecule has 0 atom stereocenters. The van der Waals surface area contributed by atoms with Crippen molar-refractivity contribution in [2.75, 3.05) is 58.9 Å². The summed E-state index contributed by atoms with van der Waals surface area (Å²) in [6.07, 6.45) is 5.51. The molecule has 0 bridgehead atoms. The largest absolute Gasteiger partial charge is 0.304 e. The van der Waals surface area contributed by atoms with E-state index in [1.807, 2.05) is 0 Å². The van der Waals surface area contributed by atoms with E-state index in [0.29, 0.717) is 0 Å². The lowest BCUT2D eigenvalue weighted by atomic mass is 9.96. The van der Waals surface area contributed by atoms with E-state index in [1.165, 1.54) is 84.6 Å². The van der Waals surface area contributed by atoms with Gasteiger partial charge < -0.3 is 14.7 Å². The number of hydrogen-bond acceptors (Lipinski definition) is 3. The minimum absolute atomic E-state index is 0.959. The van der Waals surface area contributed by atoms with Crippen molar-refractivity contribution in [3.8, 4) is 0 Å². The number of likely N-dealkylation sites (tertiary alicyclic amines) is 1. The van der Waals surface area contributed by atoms with Crippen molar-refractivity contribution in [2.24, 2.45) is 5.92 Å². The molecular weight excluding hydrogens is 234 g/mol. The Morgan fingerprint density at radius 3 is 2.16 bits per heavy atom. The molecule has 2 saturated heterocycles. The van der Waals surface area contributed by atoms with Crippen LogP contribution in [0.4, 0.5) is 0 Å². The van der Waals surface area contributed by atoms with Crippen molar-refractivity contribution in [2.45, 2.75) is 39.5 Å². The molecule has 3 heteroatoms. The minimum atomic E-state index is 0.959. The molecule has 2 rings (SSSR count). The van der Waals surface area contributed by atoms with Gasteiger partial charge in [-0.25, -0.2) is 0 Å². The maximum absolute atomic E-state index is 2.74. The maximum atomic E-state index is 2.74. The Kier molecular flexibility index (Phi) is 6.62. The Labute approximate surface area is 119 Å². The topological polar surface area (TPSA) is 9.72 Å². The van der Waals surface area contributed by atoms with E-state index in [-0.39, 0.29) is 0 Å². The van der Waals surface area contributed by atoms with Crippen LogP contribution in [0.15, 0.2) is 0 Å². The Hall–Kier alpha value is -0.120. The van der Waals surface area contributed by atoms with E-state index in [1.54, 1.807) is 0 Å². The summed E-state index contributed by atoms with van der Waals surface area (Å²) >= 11 is 0. The second kappa shape index (κ2) is 8.23. The molecule has 19 heavy (non-hydrogen) atoms. The van der Waals surface area contributed by atoms with Gasteiger partial charge in [-0.3, -0.25) is 0 Å². The van der Waals surface area contributed by atoms with Crippen LogP contribution in [0.25, 0.3) is 0 Å². The van der Waals surface area contributed by atoms with Gasteiger partial charge >= 0.3 is 0 Å². The first kappa shape index (κ1) is 15.3. The van der Waals surface area contributed by atoms with Gasteiger partial charge in [-0.05, 0) is 70.9 Å². The Morgan fingerprint density at radius 2 is 1.47 bits per heavy atom. The van der Waals surface area contributed by atoms with Crippen LogP contribution in [0.1, 0.15) is 39.5 Å². The first-order chi connectivity index (χ1) is 9.31. The van der Waals surface area contributed by atoms with E-state index < -0.39 is 0 Å². The zero-order valence-corrected chi connectivity index (χ0v) is 13.1. The first-order valence-corrected chi connectivity index (χ1v) is 8.49. The molecule has 2 fully saturated rings. The molecule has 0 radical (unpaired) electrons. The number of piperidine rings is 1. The molecule has 0 aromatic heterocycles. The molecule has 0 aliphatic carbocycles. The average Bonchev–Trinajstić information content (AvgIpc) is 2.66. The molecule has 2 aliphatic heterocycles. The number of nitrogens with zero attached hydrogens (tertiary/aromatic N) is 3. The first-order valence-electron chi connectivity index (χ1n) is 8.49. The monoisotopic (exact) mass is 267 g/mol. The van der Waals surface area contributed by atoms with Crippen LogP contribution >= 0.6 is 0 Å². The molecule has 0 aromatic carbocycles. The van der Waals surface area contributed by atoms with Gasteiger partial charge in [0.1, 0.15) is 0 Å². The van der Waals surface area contributed by atoms with Gasteiger partial charge in [-0.15, -0.1) is 0 Å². The lowest BCUT2D eigenvalue weighted by Crippen LogP contribution is -2.39. The fourth-order valence-electron chi connectivity index (χ4n) is 3.60. The fraction of sp³-hybridized carbons (Fsp3) is 1.00. The lowest BCUT2D eigenvalue weighted by molar-refractivity contribution is 0.148. The highest BCUT2D eigenvalue weighted by Crippen LogP contribution is 2.19. The molecule has 2 heterocycles. The van der Waals surface area contributed by atoms with Crippen molar-refractivity contribution in [1.29, 1.82) is 0 Å². The van der Waals surface area contributed by atoms with Crippen LogP contribution in [0.2, 0.25) is 0 Å². The number of rotatable bonds is 5. The third-order valence-electron chi connectivity index (χ3n) is 4.89. The Bertz CT molecular complexity index is 236. The van der Waals surface area contributed by atoms with Crippen molar-refractivity contribution in [1.82, 2.24) is 14.7 Å². The van der Waals surface area contributed by atoms with Gasteiger partial charge in [0.25, 0.3) is 0 Å². The molecule has 3 nitrogen and oxygen atoms in total. The summed E-state index contributed by atoms with van der Waals surface area (Å²) in [6, 6.07) is 0. The predicted molar refractivity (Wildman–Crippen MR) is 82.6 cm³/mol. The van der Waals surface area contributed by atoms with Gasteiger partial charge in [0, 0.05) is 19.6 Å².